The fraction of sp³-hybridized carbons (Fsp3) is 0.462. The van der Waals surface area contributed by atoms with Gasteiger partial charge in [-0.3, -0.25) is 0 Å². The number of nitrogen functional groups attached to an aromatic ring is 1. The van der Waals surface area contributed by atoms with Gasteiger partial charge in [0, 0.05) is 6.61 Å². The summed E-state index contributed by atoms with van der Waals surface area (Å²) in [5, 5.41) is 3.31. The van der Waals surface area contributed by atoms with Crippen LogP contribution in [0, 0.1) is 0 Å². The van der Waals surface area contributed by atoms with Crippen molar-refractivity contribution in [2.75, 3.05) is 30.9 Å². The van der Waals surface area contributed by atoms with Gasteiger partial charge >= 0.3 is 5.97 Å². The molecule has 18 heavy (non-hydrogen) atoms. The predicted molar refractivity (Wildman–Crippen MR) is 69.7 cm³/mol. The molecule has 0 bridgehead atoms. The Bertz CT molecular complexity index is 428. The van der Waals surface area contributed by atoms with Crippen molar-refractivity contribution in [3.05, 3.63) is 23.8 Å². The minimum atomic E-state index is -0.347. The SMILES string of the molecule is CCOC(=O)c1ccc(NC2CCOC2)c(N)c1. The molecule has 2 rings (SSSR count). The van der Waals surface area contributed by atoms with E-state index in [4.69, 9.17) is 15.2 Å². The van der Waals surface area contributed by atoms with Crippen molar-refractivity contribution in [3.63, 3.8) is 0 Å². The maximum Gasteiger partial charge on any atom is 0.338 e. The van der Waals surface area contributed by atoms with Crippen molar-refractivity contribution < 1.29 is 14.3 Å². The third-order valence-corrected chi connectivity index (χ3v) is 2.85. The number of hydrogen-bond acceptors (Lipinski definition) is 5. The standard InChI is InChI=1S/C13H18N2O3/c1-2-18-13(16)9-3-4-12(11(14)7-9)15-10-5-6-17-8-10/h3-4,7,10,15H,2,5-6,8,14H2,1H3. The van der Waals surface area contributed by atoms with E-state index in [-0.39, 0.29) is 5.97 Å². The Balaban J connectivity index is 2.06. The number of anilines is 2. The highest BCUT2D eigenvalue weighted by Crippen LogP contribution is 2.23. The molecule has 3 N–H and O–H groups in total. The smallest absolute Gasteiger partial charge is 0.338 e. The number of hydrogen-bond donors (Lipinski definition) is 2. The van der Waals surface area contributed by atoms with Crippen LogP contribution in [0.4, 0.5) is 11.4 Å². The highest BCUT2D eigenvalue weighted by molar-refractivity contribution is 5.91. The van der Waals surface area contributed by atoms with E-state index in [1.807, 2.05) is 0 Å². The van der Waals surface area contributed by atoms with Crippen LogP contribution in [-0.4, -0.2) is 31.8 Å². The number of esters is 1. The fourth-order valence-corrected chi connectivity index (χ4v) is 1.90. The Morgan fingerprint density at radius 3 is 3.06 bits per heavy atom. The summed E-state index contributed by atoms with van der Waals surface area (Å²) in [5.74, 6) is -0.347. The highest BCUT2D eigenvalue weighted by atomic mass is 16.5. The molecule has 1 unspecified atom stereocenters. The number of carbonyl (C=O) groups excluding carboxylic acids is 1. The molecule has 0 aliphatic carbocycles. The third kappa shape index (κ3) is 2.92. The molecule has 1 heterocycles. The molecule has 0 aromatic heterocycles. The van der Waals surface area contributed by atoms with Crippen LogP contribution in [0.1, 0.15) is 23.7 Å². The van der Waals surface area contributed by atoms with E-state index in [1.165, 1.54) is 0 Å². The maximum absolute atomic E-state index is 11.5. The average Bonchev–Trinajstić information content (AvgIpc) is 2.85. The van der Waals surface area contributed by atoms with Crippen molar-refractivity contribution in [1.82, 2.24) is 0 Å². The van der Waals surface area contributed by atoms with Crippen LogP contribution >= 0.6 is 0 Å². The van der Waals surface area contributed by atoms with Crippen molar-refractivity contribution in [2.24, 2.45) is 0 Å². The maximum atomic E-state index is 11.5. The molecule has 98 valence electrons. The van der Waals surface area contributed by atoms with Gasteiger partial charge in [0.05, 0.1) is 36.2 Å². The summed E-state index contributed by atoms with van der Waals surface area (Å²) in [6, 6.07) is 5.45. The Labute approximate surface area is 106 Å². The number of benzene rings is 1. The summed E-state index contributed by atoms with van der Waals surface area (Å²) in [6.07, 6.45) is 0.971. The first-order valence-corrected chi connectivity index (χ1v) is 6.11. The monoisotopic (exact) mass is 250 g/mol. The van der Waals surface area contributed by atoms with Gasteiger partial charge < -0.3 is 20.5 Å². The molecule has 0 saturated carbocycles. The van der Waals surface area contributed by atoms with Crippen LogP contribution in [0.2, 0.25) is 0 Å². The van der Waals surface area contributed by atoms with Crippen LogP contribution in [-0.2, 0) is 9.47 Å². The van der Waals surface area contributed by atoms with E-state index in [1.54, 1.807) is 25.1 Å². The Morgan fingerprint density at radius 1 is 1.61 bits per heavy atom. The molecular formula is C13H18N2O3. The quantitative estimate of drug-likeness (QED) is 0.628. The summed E-state index contributed by atoms with van der Waals surface area (Å²) in [5.41, 5.74) is 7.78. The summed E-state index contributed by atoms with van der Waals surface area (Å²) in [6.45, 7) is 3.60. The predicted octanol–water partition coefficient (Wildman–Crippen LogP) is 1.65. The lowest BCUT2D eigenvalue weighted by molar-refractivity contribution is 0.0526. The van der Waals surface area contributed by atoms with Gasteiger partial charge in [-0.25, -0.2) is 4.79 Å². The topological polar surface area (TPSA) is 73.6 Å². The molecular weight excluding hydrogens is 232 g/mol. The van der Waals surface area contributed by atoms with E-state index in [2.05, 4.69) is 5.32 Å². The zero-order chi connectivity index (χ0) is 13.0. The number of carbonyl (C=O) groups is 1. The highest BCUT2D eigenvalue weighted by Gasteiger charge is 2.16. The van der Waals surface area contributed by atoms with Gasteiger partial charge in [-0.05, 0) is 31.5 Å². The average molecular weight is 250 g/mol. The van der Waals surface area contributed by atoms with E-state index >= 15 is 0 Å². The van der Waals surface area contributed by atoms with E-state index < -0.39 is 0 Å². The molecule has 1 aromatic rings. The molecule has 5 nitrogen and oxygen atoms in total. The van der Waals surface area contributed by atoms with Crippen molar-refractivity contribution >= 4 is 17.3 Å². The fourth-order valence-electron chi connectivity index (χ4n) is 1.90. The second-order valence-corrected chi connectivity index (χ2v) is 4.23. The van der Waals surface area contributed by atoms with Crippen LogP contribution in [0.15, 0.2) is 18.2 Å². The second kappa shape index (κ2) is 5.73. The molecule has 1 atom stereocenters. The lowest BCUT2D eigenvalue weighted by Crippen LogP contribution is -2.19. The van der Waals surface area contributed by atoms with E-state index in [0.717, 1.165) is 18.7 Å². The summed E-state index contributed by atoms with van der Waals surface area (Å²) in [4.78, 5) is 11.5. The van der Waals surface area contributed by atoms with Gasteiger partial charge in [-0.2, -0.15) is 0 Å². The molecule has 0 amide bonds. The molecule has 1 saturated heterocycles. The van der Waals surface area contributed by atoms with Crippen molar-refractivity contribution in [2.45, 2.75) is 19.4 Å². The largest absolute Gasteiger partial charge is 0.462 e. The van der Waals surface area contributed by atoms with Gasteiger partial charge in [0.25, 0.3) is 0 Å². The summed E-state index contributed by atoms with van der Waals surface area (Å²) < 4.78 is 10.2. The third-order valence-electron chi connectivity index (χ3n) is 2.85. The molecule has 5 heteroatoms. The van der Waals surface area contributed by atoms with Crippen molar-refractivity contribution in [1.29, 1.82) is 0 Å². The molecule has 1 aliphatic heterocycles. The normalized spacial score (nSPS) is 18.6. The first-order chi connectivity index (χ1) is 8.70. The van der Waals surface area contributed by atoms with Crippen molar-refractivity contribution in [3.8, 4) is 0 Å². The Morgan fingerprint density at radius 2 is 2.44 bits per heavy atom. The van der Waals surface area contributed by atoms with Gasteiger partial charge in [-0.1, -0.05) is 0 Å². The van der Waals surface area contributed by atoms with E-state index in [9.17, 15) is 4.79 Å². The molecule has 1 aliphatic rings. The zero-order valence-corrected chi connectivity index (χ0v) is 10.4. The lowest BCUT2D eigenvalue weighted by Gasteiger charge is -2.14. The van der Waals surface area contributed by atoms with Crippen LogP contribution in [0.5, 0.6) is 0 Å². The van der Waals surface area contributed by atoms with Crippen LogP contribution < -0.4 is 11.1 Å². The Kier molecular flexibility index (Phi) is 4.04. The number of ether oxygens (including phenoxy) is 2. The van der Waals surface area contributed by atoms with Gasteiger partial charge in [0.1, 0.15) is 0 Å². The van der Waals surface area contributed by atoms with Gasteiger partial charge in [-0.15, -0.1) is 0 Å². The van der Waals surface area contributed by atoms with Gasteiger partial charge in [0.2, 0.25) is 0 Å². The molecule has 0 spiro atoms. The number of rotatable bonds is 4. The molecule has 1 fully saturated rings. The van der Waals surface area contributed by atoms with Crippen LogP contribution in [0.25, 0.3) is 0 Å². The lowest BCUT2D eigenvalue weighted by atomic mass is 10.1. The van der Waals surface area contributed by atoms with E-state index in [0.29, 0.717) is 30.5 Å². The molecule has 0 radical (unpaired) electrons. The first kappa shape index (κ1) is 12.7. The molecule has 1 aromatic carbocycles. The Hall–Kier alpha value is -1.75. The first-order valence-electron chi connectivity index (χ1n) is 6.11. The number of nitrogens with two attached hydrogens (primary N) is 1. The minimum Gasteiger partial charge on any atom is -0.462 e. The second-order valence-electron chi connectivity index (χ2n) is 4.23. The minimum absolute atomic E-state index is 0.292. The summed E-state index contributed by atoms with van der Waals surface area (Å²) >= 11 is 0. The zero-order valence-electron chi connectivity index (χ0n) is 10.4. The summed E-state index contributed by atoms with van der Waals surface area (Å²) in [7, 11) is 0. The van der Waals surface area contributed by atoms with Gasteiger partial charge in [0.15, 0.2) is 0 Å². The van der Waals surface area contributed by atoms with Crippen LogP contribution in [0.3, 0.4) is 0 Å². The number of nitrogens with one attached hydrogen (secondary N) is 1.